The smallest absolute Gasteiger partial charge is 0.262 e. The van der Waals surface area contributed by atoms with Gasteiger partial charge >= 0.3 is 0 Å². The van der Waals surface area contributed by atoms with Crippen molar-refractivity contribution in [1.82, 2.24) is 0 Å². The van der Waals surface area contributed by atoms with Crippen LogP contribution in [0.25, 0.3) is 0 Å². The zero-order chi connectivity index (χ0) is 16.7. The number of ether oxygens (including phenoxy) is 1. The normalized spacial score (nSPS) is 9.96. The Hall–Kier alpha value is -2.16. The molecule has 0 aliphatic carbocycles. The Morgan fingerprint density at radius 1 is 1.35 bits per heavy atom. The SMILES string of the molecule is Cc1ccc(Cl)c(OCC(=O)Nc2ccccc2SCC#N)c1. The molecule has 0 saturated carbocycles. The van der Waals surface area contributed by atoms with Crippen LogP contribution < -0.4 is 10.1 Å². The van der Waals surface area contributed by atoms with Crippen LogP contribution in [0.2, 0.25) is 5.02 Å². The first kappa shape index (κ1) is 17.2. The summed E-state index contributed by atoms with van der Waals surface area (Å²) in [5.74, 6) is 0.518. The number of thioether (sulfide) groups is 1. The second-order valence-corrected chi connectivity index (χ2v) is 6.14. The highest BCUT2D eigenvalue weighted by Crippen LogP contribution is 2.27. The Balaban J connectivity index is 1.97. The number of halogens is 1. The van der Waals surface area contributed by atoms with Crippen molar-refractivity contribution < 1.29 is 9.53 Å². The van der Waals surface area contributed by atoms with Crippen molar-refractivity contribution in [3.63, 3.8) is 0 Å². The molecule has 0 atom stereocenters. The van der Waals surface area contributed by atoms with Gasteiger partial charge in [-0.3, -0.25) is 4.79 Å². The molecule has 4 nitrogen and oxygen atoms in total. The highest BCUT2D eigenvalue weighted by molar-refractivity contribution is 7.99. The molecule has 6 heteroatoms. The number of nitrogens with one attached hydrogen (secondary N) is 1. The molecule has 0 bridgehead atoms. The molecule has 2 aromatic carbocycles. The number of aryl methyl sites for hydroxylation is 1. The third kappa shape index (κ3) is 5.20. The number of benzene rings is 2. The molecule has 118 valence electrons. The second kappa shape index (κ2) is 8.47. The van der Waals surface area contributed by atoms with E-state index in [9.17, 15) is 4.79 Å². The lowest BCUT2D eigenvalue weighted by Gasteiger charge is -2.11. The Kier molecular flexibility index (Phi) is 6.33. The van der Waals surface area contributed by atoms with Gasteiger partial charge in [0, 0.05) is 4.90 Å². The molecule has 0 aliphatic heterocycles. The van der Waals surface area contributed by atoms with Crippen molar-refractivity contribution in [2.24, 2.45) is 0 Å². The van der Waals surface area contributed by atoms with Gasteiger partial charge in [-0.15, -0.1) is 11.8 Å². The van der Waals surface area contributed by atoms with Crippen LogP contribution in [0.5, 0.6) is 5.75 Å². The molecule has 23 heavy (non-hydrogen) atoms. The number of carbonyl (C=O) groups is 1. The number of nitrogens with zero attached hydrogens (tertiary/aromatic N) is 1. The number of amides is 1. The van der Waals surface area contributed by atoms with Crippen LogP contribution in [0.1, 0.15) is 5.56 Å². The molecule has 1 amide bonds. The molecule has 2 aromatic rings. The zero-order valence-electron chi connectivity index (χ0n) is 12.5. The number of para-hydroxylation sites is 1. The van der Waals surface area contributed by atoms with Crippen molar-refractivity contribution in [3.8, 4) is 11.8 Å². The molecule has 0 heterocycles. The van der Waals surface area contributed by atoms with Crippen LogP contribution >= 0.6 is 23.4 Å². The number of nitriles is 1. The third-order valence-corrected chi connectivity index (χ3v) is 4.15. The number of rotatable bonds is 6. The van der Waals surface area contributed by atoms with Gasteiger partial charge in [0.05, 0.1) is 22.5 Å². The maximum atomic E-state index is 12.1. The first-order chi connectivity index (χ1) is 11.1. The monoisotopic (exact) mass is 346 g/mol. The van der Waals surface area contributed by atoms with Crippen molar-refractivity contribution in [2.75, 3.05) is 17.7 Å². The van der Waals surface area contributed by atoms with Crippen molar-refractivity contribution in [3.05, 3.63) is 53.1 Å². The summed E-state index contributed by atoms with van der Waals surface area (Å²) in [7, 11) is 0. The lowest BCUT2D eigenvalue weighted by atomic mass is 10.2. The average molecular weight is 347 g/mol. The number of carbonyl (C=O) groups excluding carboxylic acids is 1. The summed E-state index contributed by atoms with van der Waals surface area (Å²) in [6, 6.07) is 14.8. The number of hydrogen-bond acceptors (Lipinski definition) is 4. The van der Waals surface area contributed by atoms with Crippen LogP contribution in [0.3, 0.4) is 0 Å². The highest BCUT2D eigenvalue weighted by Gasteiger charge is 2.09. The lowest BCUT2D eigenvalue weighted by Crippen LogP contribution is -2.20. The van der Waals surface area contributed by atoms with E-state index in [0.717, 1.165) is 10.5 Å². The molecule has 0 aromatic heterocycles. The average Bonchev–Trinajstić information content (AvgIpc) is 2.55. The fourth-order valence-electron chi connectivity index (χ4n) is 1.86. The Bertz CT molecular complexity index is 744. The lowest BCUT2D eigenvalue weighted by molar-refractivity contribution is -0.118. The minimum atomic E-state index is -0.285. The van der Waals surface area contributed by atoms with Crippen molar-refractivity contribution in [1.29, 1.82) is 5.26 Å². The maximum absolute atomic E-state index is 12.1. The van der Waals surface area contributed by atoms with Crippen molar-refractivity contribution >= 4 is 35.0 Å². The largest absolute Gasteiger partial charge is 0.482 e. The van der Waals surface area contributed by atoms with Crippen LogP contribution in [0.4, 0.5) is 5.69 Å². The molecule has 0 aliphatic rings. The topological polar surface area (TPSA) is 62.1 Å². The standard InChI is InChI=1S/C17H15ClN2O2S/c1-12-6-7-13(18)15(10-12)22-11-17(21)20-14-4-2-3-5-16(14)23-9-8-19/h2-7,10H,9,11H2,1H3,(H,20,21). The Morgan fingerprint density at radius 2 is 2.13 bits per heavy atom. The molecular weight excluding hydrogens is 332 g/mol. The molecule has 0 saturated heterocycles. The molecule has 0 spiro atoms. The predicted octanol–water partition coefficient (Wildman–Crippen LogP) is 4.28. The van der Waals surface area contributed by atoms with Crippen LogP contribution in [-0.2, 0) is 4.79 Å². The first-order valence-electron chi connectivity index (χ1n) is 6.87. The van der Waals surface area contributed by atoms with Gasteiger partial charge in [0.25, 0.3) is 5.91 Å². The summed E-state index contributed by atoms with van der Waals surface area (Å²) in [6.45, 7) is 1.78. The molecule has 2 rings (SSSR count). The van der Waals surface area contributed by atoms with E-state index in [4.69, 9.17) is 21.6 Å². The van der Waals surface area contributed by atoms with Crippen molar-refractivity contribution in [2.45, 2.75) is 11.8 Å². The van der Waals surface area contributed by atoms with E-state index < -0.39 is 0 Å². The van der Waals surface area contributed by atoms with Gasteiger partial charge in [-0.1, -0.05) is 29.8 Å². The van der Waals surface area contributed by atoms with Gasteiger partial charge in [0.1, 0.15) is 5.75 Å². The van der Waals surface area contributed by atoms with Crippen LogP contribution in [0.15, 0.2) is 47.4 Å². The number of anilines is 1. The summed E-state index contributed by atoms with van der Waals surface area (Å²) in [6.07, 6.45) is 0. The van der Waals surface area contributed by atoms with E-state index >= 15 is 0 Å². The van der Waals surface area contributed by atoms with Gasteiger partial charge < -0.3 is 10.1 Å². The molecule has 0 unspecified atom stereocenters. The first-order valence-corrected chi connectivity index (χ1v) is 8.24. The fraction of sp³-hybridized carbons (Fsp3) is 0.176. The van der Waals surface area contributed by atoms with E-state index in [2.05, 4.69) is 11.4 Å². The summed E-state index contributed by atoms with van der Waals surface area (Å²) in [4.78, 5) is 12.9. The van der Waals surface area contributed by atoms with E-state index in [1.807, 2.05) is 31.2 Å². The van der Waals surface area contributed by atoms with Gasteiger partial charge in [-0.05, 0) is 36.8 Å². The Morgan fingerprint density at radius 3 is 2.91 bits per heavy atom. The van der Waals surface area contributed by atoms with Gasteiger partial charge in [-0.25, -0.2) is 0 Å². The summed E-state index contributed by atoms with van der Waals surface area (Å²) in [5.41, 5.74) is 1.67. The molecular formula is C17H15ClN2O2S. The Labute approximate surface area is 144 Å². The van der Waals surface area contributed by atoms with E-state index in [1.54, 1.807) is 18.2 Å². The van der Waals surface area contributed by atoms with Crippen LogP contribution in [0, 0.1) is 18.3 Å². The van der Waals surface area contributed by atoms with E-state index in [0.29, 0.717) is 22.2 Å². The van der Waals surface area contributed by atoms with Crippen LogP contribution in [-0.4, -0.2) is 18.3 Å². The summed E-state index contributed by atoms with van der Waals surface area (Å²) in [5, 5.41) is 11.9. The predicted molar refractivity (Wildman–Crippen MR) is 93.1 cm³/mol. The zero-order valence-corrected chi connectivity index (χ0v) is 14.1. The minimum Gasteiger partial charge on any atom is -0.482 e. The van der Waals surface area contributed by atoms with Gasteiger partial charge in [-0.2, -0.15) is 5.26 Å². The quantitative estimate of drug-likeness (QED) is 0.793. The number of hydrogen-bond donors (Lipinski definition) is 1. The second-order valence-electron chi connectivity index (χ2n) is 4.71. The van der Waals surface area contributed by atoms with Gasteiger partial charge in [0.2, 0.25) is 0 Å². The van der Waals surface area contributed by atoms with Gasteiger partial charge in [0.15, 0.2) is 6.61 Å². The van der Waals surface area contributed by atoms with E-state index in [-0.39, 0.29) is 12.5 Å². The highest BCUT2D eigenvalue weighted by atomic mass is 35.5. The molecule has 1 N–H and O–H groups in total. The molecule has 0 radical (unpaired) electrons. The molecule has 0 fully saturated rings. The summed E-state index contributed by atoms with van der Waals surface area (Å²) < 4.78 is 5.47. The van der Waals surface area contributed by atoms with E-state index in [1.165, 1.54) is 11.8 Å². The minimum absolute atomic E-state index is 0.138. The summed E-state index contributed by atoms with van der Waals surface area (Å²) >= 11 is 7.40. The maximum Gasteiger partial charge on any atom is 0.262 e. The third-order valence-electron chi connectivity index (χ3n) is 2.90. The fourth-order valence-corrected chi connectivity index (χ4v) is 2.70.